The average Bonchev–Trinajstić information content (AvgIpc) is 2.44. The molecule has 6 heteroatoms. The van der Waals surface area contributed by atoms with E-state index in [-0.39, 0.29) is 18.8 Å². The van der Waals surface area contributed by atoms with Gasteiger partial charge in [0.25, 0.3) is 0 Å². The van der Waals surface area contributed by atoms with Crippen LogP contribution in [0.25, 0.3) is 0 Å². The average molecular weight is 314 g/mol. The SMILES string of the molecule is CC1C[C@@H]2OCc3nc(C(F)(F)F)ccc3[C@@H]2N(C(C)C)C1. The molecular weight excluding hydrogens is 293 g/mol. The molecule has 0 amide bonds. The van der Waals surface area contributed by atoms with Crippen LogP contribution in [0, 0.1) is 5.92 Å². The van der Waals surface area contributed by atoms with Gasteiger partial charge in [-0.25, -0.2) is 4.98 Å². The minimum absolute atomic E-state index is 0.00901. The van der Waals surface area contributed by atoms with E-state index in [0.717, 1.165) is 24.6 Å². The molecule has 0 bridgehead atoms. The molecule has 3 heterocycles. The Balaban J connectivity index is 2.00. The van der Waals surface area contributed by atoms with Crippen molar-refractivity contribution in [2.75, 3.05) is 6.54 Å². The molecule has 122 valence electrons. The van der Waals surface area contributed by atoms with Gasteiger partial charge < -0.3 is 4.74 Å². The molecule has 22 heavy (non-hydrogen) atoms. The molecule has 2 aliphatic heterocycles. The number of hydrogen-bond donors (Lipinski definition) is 0. The second-order valence-corrected chi connectivity index (χ2v) is 6.66. The topological polar surface area (TPSA) is 25.4 Å². The highest BCUT2D eigenvalue weighted by Gasteiger charge is 2.42. The Morgan fingerprint density at radius 3 is 2.68 bits per heavy atom. The van der Waals surface area contributed by atoms with Crippen molar-refractivity contribution in [2.45, 2.75) is 58.2 Å². The smallest absolute Gasteiger partial charge is 0.370 e. The maximum atomic E-state index is 12.8. The van der Waals surface area contributed by atoms with Crippen LogP contribution in [0.2, 0.25) is 0 Å². The van der Waals surface area contributed by atoms with Crippen LogP contribution >= 0.6 is 0 Å². The number of hydrogen-bond acceptors (Lipinski definition) is 3. The van der Waals surface area contributed by atoms with Crippen molar-refractivity contribution >= 4 is 0 Å². The highest BCUT2D eigenvalue weighted by Crippen LogP contribution is 2.42. The molecule has 0 spiro atoms. The fourth-order valence-electron chi connectivity index (χ4n) is 3.60. The Bertz CT molecular complexity index is 559. The molecule has 1 aromatic heterocycles. The maximum Gasteiger partial charge on any atom is 0.433 e. The molecule has 1 unspecified atom stereocenters. The summed E-state index contributed by atoms with van der Waals surface area (Å²) in [7, 11) is 0. The van der Waals surface area contributed by atoms with Gasteiger partial charge in [-0.2, -0.15) is 13.2 Å². The van der Waals surface area contributed by atoms with E-state index in [2.05, 4.69) is 30.7 Å². The minimum Gasteiger partial charge on any atom is -0.370 e. The van der Waals surface area contributed by atoms with E-state index >= 15 is 0 Å². The van der Waals surface area contributed by atoms with Gasteiger partial charge in [0.05, 0.1) is 24.4 Å². The van der Waals surface area contributed by atoms with Crippen LogP contribution in [0.15, 0.2) is 12.1 Å². The third kappa shape index (κ3) is 2.74. The van der Waals surface area contributed by atoms with Crippen molar-refractivity contribution < 1.29 is 17.9 Å². The monoisotopic (exact) mass is 314 g/mol. The van der Waals surface area contributed by atoms with Gasteiger partial charge in [0.15, 0.2) is 0 Å². The van der Waals surface area contributed by atoms with Gasteiger partial charge in [-0.05, 0) is 37.8 Å². The zero-order valence-electron chi connectivity index (χ0n) is 13.0. The molecule has 3 rings (SSSR count). The van der Waals surface area contributed by atoms with Gasteiger partial charge in [0, 0.05) is 12.6 Å². The molecule has 0 aromatic carbocycles. The molecule has 3 atom stereocenters. The van der Waals surface area contributed by atoms with E-state index in [4.69, 9.17) is 4.74 Å². The number of nitrogens with zero attached hydrogens (tertiary/aromatic N) is 2. The first-order valence-corrected chi connectivity index (χ1v) is 7.71. The van der Waals surface area contributed by atoms with Crippen LogP contribution in [0.5, 0.6) is 0 Å². The standard InChI is InChI=1S/C16H21F3N2O/c1-9(2)21-7-10(3)6-13-15(21)11-4-5-14(16(17,18)19)20-12(11)8-22-13/h4-5,9-10,13,15H,6-8H2,1-3H3/t10?,13-,15-/m0/s1. The Labute approximate surface area is 128 Å². The molecule has 1 aromatic rings. The number of ether oxygens (including phenoxy) is 1. The lowest BCUT2D eigenvalue weighted by Crippen LogP contribution is -2.51. The summed E-state index contributed by atoms with van der Waals surface area (Å²) in [6.45, 7) is 7.51. The van der Waals surface area contributed by atoms with Gasteiger partial charge in [0.2, 0.25) is 0 Å². The fourth-order valence-corrected chi connectivity index (χ4v) is 3.60. The highest BCUT2D eigenvalue weighted by molar-refractivity contribution is 5.30. The lowest BCUT2D eigenvalue weighted by atomic mass is 9.84. The lowest BCUT2D eigenvalue weighted by molar-refractivity contribution is -0.142. The first-order valence-electron chi connectivity index (χ1n) is 7.71. The molecule has 1 fully saturated rings. The van der Waals surface area contributed by atoms with Gasteiger partial charge in [0.1, 0.15) is 5.69 Å². The van der Waals surface area contributed by atoms with Crippen molar-refractivity contribution in [3.8, 4) is 0 Å². The lowest BCUT2D eigenvalue weighted by Gasteiger charge is -2.48. The third-order valence-electron chi connectivity index (χ3n) is 4.58. The Morgan fingerprint density at radius 2 is 2.05 bits per heavy atom. The highest BCUT2D eigenvalue weighted by atomic mass is 19.4. The molecule has 1 saturated heterocycles. The number of halogens is 3. The Kier molecular flexibility index (Phi) is 3.93. The van der Waals surface area contributed by atoms with Crippen molar-refractivity contribution in [2.24, 2.45) is 5.92 Å². The Morgan fingerprint density at radius 1 is 1.32 bits per heavy atom. The van der Waals surface area contributed by atoms with Crippen LogP contribution in [-0.2, 0) is 17.5 Å². The summed E-state index contributed by atoms with van der Waals surface area (Å²) in [5.41, 5.74) is 0.481. The number of pyridine rings is 1. The maximum absolute atomic E-state index is 12.8. The van der Waals surface area contributed by atoms with Crippen LogP contribution in [-0.4, -0.2) is 28.6 Å². The van der Waals surface area contributed by atoms with E-state index in [1.54, 1.807) is 6.07 Å². The van der Waals surface area contributed by atoms with Crippen molar-refractivity contribution in [3.63, 3.8) is 0 Å². The summed E-state index contributed by atoms with van der Waals surface area (Å²) in [6.07, 6.45) is -3.43. The van der Waals surface area contributed by atoms with Gasteiger partial charge >= 0.3 is 6.18 Å². The summed E-state index contributed by atoms with van der Waals surface area (Å²) in [5, 5.41) is 0. The van der Waals surface area contributed by atoms with Crippen molar-refractivity contribution in [1.29, 1.82) is 0 Å². The quantitative estimate of drug-likeness (QED) is 0.788. The minimum atomic E-state index is -4.41. The first-order chi connectivity index (χ1) is 10.3. The van der Waals surface area contributed by atoms with E-state index in [0.29, 0.717) is 17.7 Å². The zero-order chi connectivity index (χ0) is 16.1. The summed E-state index contributed by atoms with van der Waals surface area (Å²) in [4.78, 5) is 6.14. The predicted molar refractivity (Wildman–Crippen MR) is 76.2 cm³/mol. The molecular formula is C16H21F3N2O. The van der Waals surface area contributed by atoms with E-state index in [1.807, 2.05) is 0 Å². The molecule has 0 N–H and O–H groups in total. The molecule has 0 aliphatic carbocycles. The van der Waals surface area contributed by atoms with Crippen LogP contribution < -0.4 is 0 Å². The van der Waals surface area contributed by atoms with Gasteiger partial charge in [-0.1, -0.05) is 13.0 Å². The number of likely N-dealkylation sites (tertiary alicyclic amines) is 1. The first kappa shape index (κ1) is 15.7. The molecule has 0 radical (unpaired) electrons. The van der Waals surface area contributed by atoms with E-state index in [9.17, 15) is 13.2 Å². The molecule has 2 aliphatic rings. The fraction of sp³-hybridized carbons (Fsp3) is 0.688. The summed E-state index contributed by atoms with van der Waals surface area (Å²) in [5.74, 6) is 0.521. The number of rotatable bonds is 1. The largest absolute Gasteiger partial charge is 0.433 e. The normalized spacial score (nSPS) is 29.3. The third-order valence-corrected chi connectivity index (χ3v) is 4.58. The second kappa shape index (κ2) is 5.49. The molecule has 0 saturated carbocycles. The number of aromatic nitrogens is 1. The van der Waals surface area contributed by atoms with Gasteiger partial charge in [-0.15, -0.1) is 0 Å². The summed E-state index contributed by atoms with van der Waals surface area (Å²) < 4.78 is 44.4. The van der Waals surface area contributed by atoms with Crippen molar-refractivity contribution in [1.82, 2.24) is 9.88 Å². The number of fused-ring (bicyclic) bond motifs is 3. The number of alkyl halides is 3. The van der Waals surface area contributed by atoms with Crippen LogP contribution in [0.4, 0.5) is 13.2 Å². The zero-order valence-corrected chi connectivity index (χ0v) is 13.0. The van der Waals surface area contributed by atoms with Crippen LogP contribution in [0.3, 0.4) is 0 Å². The number of piperidine rings is 1. The van der Waals surface area contributed by atoms with Gasteiger partial charge in [-0.3, -0.25) is 4.90 Å². The van der Waals surface area contributed by atoms with Crippen molar-refractivity contribution in [3.05, 3.63) is 29.1 Å². The predicted octanol–water partition coefficient (Wildman–Crippen LogP) is 3.79. The Hall–Kier alpha value is -1.14. The van der Waals surface area contributed by atoms with Crippen LogP contribution in [0.1, 0.15) is 50.2 Å². The van der Waals surface area contributed by atoms with E-state index < -0.39 is 11.9 Å². The molecule has 3 nitrogen and oxygen atoms in total. The summed E-state index contributed by atoms with van der Waals surface area (Å²) in [6, 6.07) is 3.01. The second-order valence-electron chi connectivity index (χ2n) is 6.66. The van der Waals surface area contributed by atoms with E-state index in [1.165, 1.54) is 0 Å². The summed E-state index contributed by atoms with van der Waals surface area (Å²) >= 11 is 0.